The van der Waals surface area contributed by atoms with Gasteiger partial charge in [0.2, 0.25) is 0 Å². The maximum Gasteiger partial charge on any atom is 0.271 e. The number of amides is 1. The van der Waals surface area contributed by atoms with E-state index >= 15 is 0 Å². The number of hydrogen-bond acceptors (Lipinski definition) is 4. The van der Waals surface area contributed by atoms with E-state index in [0.29, 0.717) is 17.4 Å². The monoisotopic (exact) mass is 246 g/mol. The van der Waals surface area contributed by atoms with Crippen LogP contribution in [0.5, 0.6) is 0 Å². The smallest absolute Gasteiger partial charge is 0.271 e. The maximum atomic E-state index is 11.9. The summed E-state index contributed by atoms with van der Waals surface area (Å²) in [6, 6.07) is 3.21. The summed E-state index contributed by atoms with van der Waals surface area (Å²) in [7, 11) is 0. The van der Waals surface area contributed by atoms with Crippen LogP contribution in [0.15, 0.2) is 12.1 Å². The number of carbonyl (C=O) groups excluding carboxylic acids is 1. The van der Waals surface area contributed by atoms with E-state index in [4.69, 9.17) is 5.73 Å². The van der Waals surface area contributed by atoms with Crippen molar-refractivity contribution in [3.8, 4) is 0 Å². The Labute approximate surface area is 106 Å². The average molecular weight is 246 g/mol. The summed E-state index contributed by atoms with van der Waals surface area (Å²) in [5.41, 5.74) is 5.78. The minimum atomic E-state index is -0.148. The van der Waals surface area contributed by atoms with Crippen LogP contribution in [-0.2, 0) is 0 Å². The number of hydrogen-bond donors (Lipinski definition) is 2. The average Bonchev–Trinajstić information content (AvgIpc) is 2.99. The van der Waals surface area contributed by atoms with Crippen molar-refractivity contribution in [3.05, 3.63) is 17.8 Å². The molecule has 5 heteroatoms. The van der Waals surface area contributed by atoms with E-state index in [-0.39, 0.29) is 5.91 Å². The van der Waals surface area contributed by atoms with Gasteiger partial charge in [-0.2, -0.15) is 0 Å². The minimum Gasteiger partial charge on any atom is -0.382 e. The van der Waals surface area contributed by atoms with Gasteiger partial charge in [-0.3, -0.25) is 4.79 Å². The summed E-state index contributed by atoms with van der Waals surface area (Å²) in [6.45, 7) is 0.770. The molecule has 1 aromatic rings. The first kappa shape index (κ1) is 11.4. The van der Waals surface area contributed by atoms with Gasteiger partial charge in [0.1, 0.15) is 5.82 Å². The summed E-state index contributed by atoms with van der Waals surface area (Å²) < 4.78 is 0. The largest absolute Gasteiger partial charge is 0.382 e. The number of nitrogen functional groups attached to an aromatic ring is 1. The van der Waals surface area contributed by atoms with E-state index in [1.807, 2.05) is 0 Å². The fourth-order valence-corrected chi connectivity index (χ4v) is 3.40. The number of rotatable bonds is 3. The molecule has 3 unspecified atom stereocenters. The van der Waals surface area contributed by atoms with Gasteiger partial charge >= 0.3 is 0 Å². The lowest BCUT2D eigenvalue weighted by atomic mass is 9.89. The molecule has 3 N–H and O–H groups in total. The van der Waals surface area contributed by atoms with E-state index in [9.17, 15) is 4.79 Å². The molecule has 3 atom stereocenters. The van der Waals surface area contributed by atoms with Crippen molar-refractivity contribution in [3.63, 3.8) is 0 Å². The first-order valence-electron chi connectivity index (χ1n) is 6.60. The van der Waals surface area contributed by atoms with Crippen molar-refractivity contribution < 1.29 is 4.79 Å². The fraction of sp³-hybridized carbons (Fsp3) is 0.615. The number of nitrogens with two attached hydrogens (primary N) is 1. The van der Waals surface area contributed by atoms with Gasteiger partial charge in [0.05, 0.1) is 0 Å². The van der Waals surface area contributed by atoms with Crippen LogP contribution >= 0.6 is 0 Å². The number of carbonyl (C=O) groups is 1. The third kappa shape index (κ3) is 2.17. The molecule has 18 heavy (non-hydrogen) atoms. The molecule has 0 spiro atoms. The zero-order valence-electron chi connectivity index (χ0n) is 10.3. The van der Waals surface area contributed by atoms with Crippen LogP contribution in [0, 0.1) is 17.8 Å². The lowest BCUT2D eigenvalue weighted by molar-refractivity contribution is 0.0936. The Balaban J connectivity index is 1.54. The molecule has 5 nitrogen and oxygen atoms in total. The van der Waals surface area contributed by atoms with E-state index in [1.165, 1.54) is 25.7 Å². The van der Waals surface area contributed by atoms with Crippen LogP contribution in [0.1, 0.15) is 36.2 Å². The third-order valence-electron chi connectivity index (χ3n) is 4.33. The SMILES string of the molecule is Nc1ccc(C(=O)NCC2CC3CCC2C3)nn1. The second kappa shape index (κ2) is 4.55. The molecule has 2 aliphatic carbocycles. The van der Waals surface area contributed by atoms with Gasteiger partial charge in [-0.05, 0) is 49.1 Å². The highest BCUT2D eigenvalue weighted by Crippen LogP contribution is 2.47. The van der Waals surface area contributed by atoms with Gasteiger partial charge in [-0.1, -0.05) is 6.42 Å². The Bertz CT molecular complexity index is 445. The highest BCUT2D eigenvalue weighted by Gasteiger charge is 2.39. The molecule has 2 fully saturated rings. The maximum absolute atomic E-state index is 11.9. The van der Waals surface area contributed by atoms with Gasteiger partial charge < -0.3 is 11.1 Å². The molecule has 0 aromatic carbocycles. The second-order valence-corrected chi connectivity index (χ2v) is 5.49. The molecule has 1 amide bonds. The standard InChI is InChI=1S/C13H18N4O/c14-12-4-3-11(16-17-12)13(18)15-7-10-6-8-1-2-9(10)5-8/h3-4,8-10H,1-2,5-7H2,(H2,14,17)(H,15,18). The first-order valence-corrected chi connectivity index (χ1v) is 6.60. The Kier molecular flexibility index (Phi) is 2.89. The molecule has 2 bridgehead atoms. The Morgan fingerprint density at radius 1 is 1.33 bits per heavy atom. The summed E-state index contributed by atoms with van der Waals surface area (Å²) >= 11 is 0. The van der Waals surface area contributed by atoms with Gasteiger partial charge in [-0.15, -0.1) is 10.2 Å². The van der Waals surface area contributed by atoms with Crippen molar-refractivity contribution in [2.75, 3.05) is 12.3 Å². The van der Waals surface area contributed by atoms with Gasteiger partial charge in [-0.25, -0.2) is 0 Å². The second-order valence-electron chi connectivity index (χ2n) is 5.49. The van der Waals surface area contributed by atoms with E-state index < -0.39 is 0 Å². The molecule has 1 aromatic heterocycles. The predicted octanol–water partition coefficient (Wildman–Crippen LogP) is 1.22. The normalized spacial score (nSPS) is 29.4. The molecule has 3 rings (SSSR count). The Morgan fingerprint density at radius 3 is 2.83 bits per heavy atom. The molecule has 0 radical (unpaired) electrons. The highest BCUT2D eigenvalue weighted by atomic mass is 16.1. The van der Waals surface area contributed by atoms with Crippen LogP contribution in [-0.4, -0.2) is 22.6 Å². The summed E-state index contributed by atoms with van der Waals surface area (Å²) in [4.78, 5) is 11.9. The number of nitrogens with zero attached hydrogens (tertiary/aromatic N) is 2. The topological polar surface area (TPSA) is 80.9 Å². The minimum absolute atomic E-state index is 0.148. The van der Waals surface area contributed by atoms with Crippen LogP contribution in [0.3, 0.4) is 0 Å². The molecular formula is C13H18N4O. The van der Waals surface area contributed by atoms with Crippen molar-refractivity contribution in [2.24, 2.45) is 17.8 Å². The summed E-state index contributed by atoms with van der Waals surface area (Å²) in [5.74, 6) is 2.58. The zero-order valence-corrected chi connectivity index (χ0v) is 10.3. The third-order valence-corrected chi connectivity index (χ3v) is 4.33. The Hall–Kier alpha value is -1.65. The van der Waals surface area contributed by atoms with E-state index in [2.05, 4.69) is 15.5 Å². The van der Waals surface area contributed by atoms with Gasteiger partial charge in [0.25, 0.3) is 5.91 Å². The number of fused-ring (bicyclic) bond motifs is 2. The van der Waals surface area contributed by atoms with E-state index in [0.717, 1.165) is 18.4 Å². The van der Waals surface area contributed by atoms with Crippen LogP contribution in [0.2, 0.25) is 0 Å². The lowest BCUT2D eigenvalue weighted by Crippen LogP contribution is -2.32. The summed E-state index contributed by atoms with van der Waals surface area (Å²) in [6.07, 6.45) is 5.37. The number of anilines is 1. The molecule has 2 saturated carbocycles. The quantitative estimate of drug-likeness (QED) is 0.840. The van der Waals surface area contributed by atoms with Gasteiger partial charge in [0.15, 0.2) is 5.69 Å². The number of aromatic nitrogens is 2. The van der Waals surface area contributed by atoms with Crippen molar-refractivity contribution in [2.45, 2.75) is 25.7 Å². The Morgan fingerprint density at radius 2 is 2.22 bits per heavy atom. The van der Waals surface area contributed by atoms with Crippen LogP contribution in [0.25, 0.3) is 0 Å². The van der Waals surface area contributed by atoms with Crippen molar-refractivity contribution >= 4 is 11.7 Å². The zero-order chi connectivity index (χ0) is 12.5. The molecule has 0 aliphatic heterocycles. The predicted molar refractivity (Wildman–Crippen MR) is 67.7 cm³/mol. The fourth-order valence-electron chi connectivity index (χ4n) is 3.40. The molecule has 1 heterocycles. The molecular weight excluding hydrogens is 228 g/mol. The molecule has 2 aliphatic rings. The van der Waals surface area contributed by atoms with Gasteiger partial charge in [0, 0.05) is 6.54 Å². The van der Waals surface area contributed by atoms with Crippen LogP contribution < -0.4 is 11.1 Å². The molecule has 0 saturated heterocycles. The van der Waals surface area contributed by atoms with Crippen molar-refractivity contribution in [1.82, 2.24) is 15.5 Å². The van der Waals surface area contributed by atoms with Crippen LogP contribution in [0.4, 0.5) is 5.82 Å². The first-order chi connectivity index (χ1) is 8.72. The summed E-state index contributed by atoms with van der Waals surface area (Å²) in [5, 5.41) is 10.4. The molecule has 96 valence electrons. The highest BCUT2D eigenvalue weighted by molar-refractivity contribution is 5.92. The van der Waals surface area contributed by atoms with Crippen molar-refractivity contribution in [1.29, 1.82) is 0 Å². The van der Waals surface area contributed by atoms with E-state index in [1.54, 1.807) is 12.1 Å². The lowest BCUT2D eigenvalue weighted by Gasteiger charge is -2.21. The number of nitrogens with one attached hydrogen (secondary N) is 1.